The van der Waals surface area contributed by atoms with Gasteiger partial charge in [0, 0.05) is 51.6 Å². The van der Waals surface area contributed by atoms with Gasteiger partial charge in [0.25, 0.3) is 0 Å². The third-order valence-electron chi connectivity index (χ3n) is 8.96. The van der Waals surface area contributed by atoms with Crippen molar-refractivity contribution < 1.29 is 28.7 Å². The minimum absolute atomic E-state index is 0.0390. The number of benzene rings is 1. The Morgan fingerprint density at radius 2 is 1.82 bits per heavy atom. The van der Waals surface area contributed by atoms with E-state index in [9.17, 15) is 19.2 Å². The second kappa shape index (κ2) is 14.7. The number of hydrogen-bond acceptors (Lipinski definition) is 6. The van der Waals surface area contributed by atoms with Crippen molar-refractivity contribution in [2.45, 2.75) is 103 Å². The van der Waals surface area contributed by atoms with E-state index in [1.807, 2.05) is 58.0 Å². The molecule has 0 bridgehead atoms. The fourth-order valence-corrected chi connectivity index (χ4v) is 6.60. The molecule has 0 aromatic heterocycles. The van der Waals surface area contributed by atoms with Crippen molar-refractivity contribution >= 4 is 23.6 Å². The van der Waals surface area contributed by atoms with Gasteiger partial charge in [0.05, 0.1) is 17.1 Å². The lowest BCUT2D eigenvalue weighted by molar-refractivity contribution is -0.146. The van der Waals surface area contributed by atoms with E-state index < -0.39 is 29.2 Å². The minimum atomic E-state index is -0.821. The summed E-state index contributed by atoms with van der Waals surface area (Å²) in [7, 11) is 0. The molecule has 1 aromatic rings. The van der Waals surface area contributed by atoms with Crippen molar-refractivity contribution in [1.82, 2.24) is 20.9 Å². The first-order valence-electron chi connectivity index (χ1n) is 16.0. The van der Waals surface area contributed by atoms with Gasteiger partial charge in [0.2, 0.25) is 23.6 Å². The predicted molar refractivity (Wildman–Crippen MR) is 167 cm³/mol. The Hall–Kier alpha value is -3.24. The van der Waals surface area contributed by atoms with Crippen LogP contribution in [0.2, 0.25) is 0 Å². The van der Waals surface area contributed by atoms with Crippen LogP contribution in [-0.2, 0) is 35.1 Å². The second-order valence-electron chi connectivity index (χ2n) is 13.6. The number of carbonyl (C=O) groups excluding carboxylic acids is 4. The maximum Gasteiger partial charge on any atom is 0.247 e. The summed E-state index contributed by atoms with van der Waals surface area (Å²) < 4.78 is 11.7. The lowest BCUT2D eigenvalue weighted by Crippen LogP contribution is -2.61. The van der Waals surface area contributed by atoms with Gasteiger partial charge in [-0.1, -0.05) is 42.5 Å². The van der Waals surface area contributed by atoms with Gasteiger partial charge in [-0.05, 0) is 65.4 Å². The molecule has 4 amide bonds. The summed E-state index contributed by atoms with van der Waals surface area (Å²) in [4.78, 5) is 55.3. The number of nitrogens with one attached hydrogen (secondary N) is 3. The van der Waals surface area contributed by atoms with E-state index in [0.717, 1.165) is 5.56 Å². The monoisotopic (exact) mass is 610 g/mol. The molecular weight excluding hydrogens is 560 g/mol. The molecule has 0 unspecified atom stereocenters. The predicted octanol–water partition coefficient (Wildman–Crippen LogP) is 2.90. The molecule has 0 aliphatic carbocycles. The first kappa shape index (κ1) is 33.6. The van der Waals surface area contributed by atoms with E-state index in [1.165, 1.54) is 6.92 Å². The molecule has 2 fully saturated rings. The summed E-state index contributed by atoms with van der Waals surface area (Å²) in [5.74, 6) is -0.839. The number of nitrogens with zero attached hydrogens (tertiary/aromatic N) is 1. The topological polar surface area (TPSA) is 126 Å². The maximum atomic E-state index is 13.9. The SMILES string of the molecule is CC(=O)N[C@H](C(=O)N1CC[C@H]2NC(=O)[C@@H](Cc3ccccc3)NC(=O)C3(CC=CC[C@H]2C1)CCOCC3)[C@@H](C)OC(C)(C)C. The van der Waals surface area contributed by atoms with Crippen LogP contribution in [0.25, 0.3) is 0 Å². The standard InChI is InChI=1S/C34H50N4O6/c1-23(44-33(3,4)5)29(35-24(2)39)31(41)38-18-14-27-26(22-38)13-9-10-15-34(16-19-43-20-17-34)32(42)37-28(30(40)36-27)21-25-11-7-6-8-12-25/h6-12,23,26-29H,13-22H2,1-5H3,(H,35,39)(H,36,40)(H,37,42)/t23-,26+,27-,28-,29+/m1/s1. The molecule has 1 aromatic carbocycles. The number of likely N-dealkylation sites (tertiary alicyclic amines) is 1. The molecule has 4 rings (SSSR count). The van der Waals surface area contributed by atoms with E-state index in [2.05, 4.69) is 28.1 Å². The number of ether oxygens (including phenoxy) is 2. The van der Waals surface area contributed by atoms with Crippen molar-refractivity contribution in [3.63, 3.8) is 0 Å². The zero-order valence-electron chi connectivity index (χ0n) is 26.9. The Labute approximate surface area is 261 Å². The van der Waals surface area contributed by atoms with E-state index in [-0.39, 0.29) is 35.6 Å². The van der Waals surface area contributed by atoms with Crippen LogP contribution in [0.5, 0.6) is 0 Å². The minimum Gasteiger partial charge on any atom is -0.381 e. The highest BCUT2D eigenvalue weighted by Crippen LogP contribution is 2.36. The molecule has 10 heteroatoms. The molecule has 5 atom stereocenters. The highest BCUT2D eigenvalue weighted by atomic mass is 16.5. The van der Waals surface area contributed by atoms with Crippen molar-refractivity contribution in [2.24, 2.45) is 11.3 Å². The Morgan fingerprint density at radius 1 is 1.11 bits per heavy atom. The lowest BCUT2D eigenvalue weighted by atomic mass is 9.75. The van der Waals surface area contributed by atoms with E-state index in [4.69, 9.17) is 9.47 Å². The number of piperidine rings is 1. The molecule has 3 aliphatic rings. The van der Waals surface area contributed by atoms with Crippen molar-refractivity contribution in [1.29, 1.82) is 0 Å². The first-order chi connectivity index (χ1) is 20.9. The Balaban J connectivity index is 1.57. The third-order valence-corrected chi connectivity index (χ3v) is 8.96. The van der Waals surface area contributed by atoms with Gasteiger partial charge >= 0.3 is 0 Å². The van der Waals surface area contributed by atoms with Gasteiger partial charge < -0.3 is 30.3 Å². The Kier molecular flexibility index (Phi) is 11.2. The van der Waals surface area contributed by atoms with Gasteiger partial charge in [-0.15, -0.1) is 0 Å². The van der Waals surface area contributed by atoms with Crippen LogP contribution in [0.15, 0.2) is 42.5 Å². The zero-order chi connectivity index (χ0) is 31.9. The number of hydrogen-bond donors (Lipinski definition) is 3. The highest BCUT2D eigenvalue weighted by Gasteiger charge is 2.42. The quantitative estimate of drug-likeness (QED) is 0.426. The summed E-state index contributed by atoms with van der Waals surface area (Å²) in [6.07, 6.45) is 6.97. The Morgan fingerprint density at radius 3 is 2.48 bits per heavy atom. The fourth-order valence-electron chi connectivity index (χ4n) is 6.60. The number of carbonyl (C=O) groups is 4. The molecule has 3 heterocycles. The zero-order valence-corrected chi connectivity index (χ0v) is 26.9. The van der Waals surface area contributed by atoms with Crippen LogP contribution < -0.4 is 16.0 Å². The molecule has 3 N–H and O–H groups in total. The number of fused-ring (bicyclic) bond motifs is 1. The molecule has 3 aliphatic heterocycles. The number of allylic oxidation sites excluding steroid dienone is 2. The molecule has 242 valence electrons. The second-order valence-corrected chi connectivity index (χ2v) is 13.6. The van der Waals surface area contributed by atoms with E-state index in [1.54, 1.807) is 4.90 Å². The average Bonchev–Trinajstić information content (AvgIpc) is 2.97. The number of amides is 4. The molecule has 44 heavy (non-hydrogen) atoms. The largest absolute Gasteiger partial charge is 0.381 e. The molecule has 0 radical (unpaired) electrons. The lowest BCUT2D eigenvalue weighted by Gasteiger charge is -2.42. The van der Waals surface area contributed by atoms with Crippen LogP contribution in [0.3, 0.4) is 0 Å². The molecule has 2 saturated heterocycles. The summed E-state index contributed by atoms with van der Waals surface area (Å²) >= 11 is 0. The number of rotatable bonds is 6. The van der Waals surface area contributed by atoms with Crippen LogP contribution >= 0.6 is 0 Å². The van der Waals surface area contributed by atoms with Crippen molar-refractivity contribution in [2.75, 3.05) is 26.3 Å². The van der Waals surface area contributed by atoms with Gasteiger partial charge in [0.15, 0.2) is 0 Å². The van der Waals surface area contributed by atoms with Gasteiger partial charge in [-0.2, -0.15) is 0 Å². The van der Waals surface area contributed by atoms with Crippen LogP contribution in [-0.4, -0.2) is 84.7 Å². The van der Waals surface area contributed by atoms with Crippen LogP contribution in [0, 0.1) is 11.3 Å². The molecule has 10 nitrogen and oxygen atoms in total. The third kappa shape index (κ3) is 8.91. The maximum absolute atomic E-state index is 13.9. The average molecular weight is 611 g/mol. The molecule has 0 saturated carbocycles. The fraction of sp³-hybridized carbons (Fsp3) is 0.647. The molecular formula is C34H50N4O6. The highest BCUT2D eigenvalue weighted by molar-refractivity contribution is 5.91. The summed E-state index contributed by atoms with van der Waals surface area (Å²) in [5, 5.41) is 9.18. The summed E-state index contributed by atoms with van der Waals surface area (Å²) in [5.41, 5.74) is -0.153. The van der Waals surface area contributed by atoms with Crippen molar-refractivity contribution in [3.8, 4) is 0 Å². The van der Waals surface area contributed by atoms with E-state index in [0.29, 0.717) is 64.8 Å². The van der Waals surface area contributed by atoms with Crippen LogP contribution in [0.1, 0.15) is 72.3 Å². The van der Waals surface area contributed by atoms with Gasteiger partial charge in [-0.3, -0.25) is 19.2 Å². The smallest absolute Gasteiger partial charge is 0.247 e. The normalized spacial score (nSPS) is 25.8. The van der Waals surface area contributed by atoms with Crippen molar-refractivity contribution in [3.05, 3.63) is 48.0 Å². The van der Waals surface area contributed by atoms with Gasteiger partial charge in [0.1, 0.15) is 12.1 Å². The first-order valence-corrected chi connectivity index (χ1v) is 16.0. The molecule has 1 spiro atoms. The van der Waals surface area contributed by atoms with Gasteiger partial charge in [-0.25, -0.2) is 0 Å². The summed E-state index contributed by atoms with van der Waals surface area (Å²) in [6.45, 7) is 10.8. The Bertz CT molecular complexity index is 1190. The van der Waals surface area contributed by atoms with E-state index >= 15 is 0 Å². The van der Waals surface area contributed by atoms with Crippen LogP contribution in [0.4, 0.5) is 0 Å². The summed E-state index contributed by atoms with van der Waals surface area (Å²) in [6, 6.07) is 7.99.